The molecule has 0 aliphatic carbocycles. The fraction of sp³-hybridized carbons (Fsp3) is 0. The molecular weight excluding hydrogens is 1150 g/mol. The summed E-state index contributed by atoms with van der Waals surface area (Å²) in [5.41, 5.74) is 0. The molecule has 0 saturated carbocycles. The topological polar surface area (TPSA) is 0 Å². The Morgan fingerprint density at radius 2 is 0.250 bits per heavy atom. The van der Waals surface area contributed by atoms with Gasteiger partial charge >= 0.3 is 0 Å². The molecule has 0 aromatic carbocycles. The molecule has 8 heteroatoms. The molecule has 47 valence electrons. The minimum absolute atomic E-state index is 0. The molecule has 0 aromatic rings. The van der Waals surface area contributed by atoms with Gasteiger partial charge in [0.2, 0.25) is 0 Å². The van der Waals surface area contributed by atoms with Crippen LogP contribution in [0.4, 0.5) is 0 Å². The molecule has 0 saturated heterocycles. The van der Waals surface area contributed by atoms with E-state index in [2.05, 4.69) is 0 Å². The molecule has 0 bridgehead atoms. The van der Waals surface area contributed by atoms with Crippen LogP contribution in [0.3, 0.4) is 0 Å². The van der Waals surface area contributed by atoms with Crippen LogP contribution in [-0.2, 0) is 102 Å². The summed E-state index contributed by atoms with van der Waals surface area (Å²) < 4.78 is 0. The van der Waals surface area contributed by atoms with Crippen LogP contribution < -0.4 is 0 Å². The van der Waals surface area contributed by atoms with Gasteiger partial charge in [0.05, 0.1) is 0 Å². The molecule has 0 aromatic heterocycles. The van der Waals surface area contributed by atoms with Crippen molar-refractivity contribution in [2.45, 2.75) is 0 Å². The van der Waals surface area contributed by atoms with Crippen LogP contribution in [0.25, 0.3) is 0 Å². The van der Waals surface area contributed by atoms with E-state index in [1.807, 2.05) is 0 Å². The van der Waals surface area contributed by atoms with E-state index in [-0.39, 0.29) is 155 Å². The molecular formula is Ge3Re5. The summed E-state index contributed by atoms with van der Waals surface area (Å²) in [7, 11) is 0. The zero-order valence-corrected chi connectivity index (χ0v) is 23.3. The van der Waals surface area contributed by atoms with Crippen molar-refractivity contribution in [3.63, 3.8) is 0 Å². The van der Waals surface area contributed by atoms with E-state index in [1.54, 1.807) is 0 Å². The fourth-order valence-electron chi connectivity index (χ4n) is 0. The predicted octanol–water partition coefficient (Wildman–Crippen LogP) is -1.15. The Bertz CT molecular complexity index is 7.64. The van der Waals surface area contributed by atoms with Crippen LogP contribution in [0.5, 0.6) is 0 Å². The first-order valence-corrected chi connectivity index (χ1v) is 0. The van der Waals surface area contributed by atoms with Gasteiger partial charge in [-0.3, -0.25) is 0 Å². The van der Waals surface area contributed by atoms with E-state index >= 15 is 0 Å². The zero-order valence-electron chi connectivity index (χ0n) is 3.39. The van der Waals surface area contributed by atoms with Crippen LogP contribution >= 0.6 is 0 Å². The molecule has 0 heterocycles. The second kappa shape index (κ2) is 58.6. The number of hydrogen-bond donors (Lipinski definition) is 0. The SMILES string of the molecule is [Ge].[Ge].[Ge].[Re].[Re].[Re].[Re].[Re]. The Labute approximate surface area is 152 Å². The minimum atomic E-state index is 0. The maximum atomic E-state index is 0. The average Bonchev–Trinajstić information content (AvgIpc) is 0. The summed E-state index contributed by atoms with van der Waals surface area (Å²) in [5, 5.41) is 0. The molecule has 0 atom stereocenters. The van der Waals surface area contributed by atoms with E-state index in [9.17, 15) is 0 Å². The third kappa shape index (κ3) is 44.3. The van der Waals surface area contributed by atoms with Gasteiger partial charge in [-0.25, -0.2) is 0 Å². The van der Waals surface area contributed by atoms with Gasteiger partial charge < -0.3 is 0 Å². The van der Waals surface area contributed by atoms with Crippen molar-refractivity contribution in [3.05, 3.63) is 0 Å². The summed E-state index contributed by atoms with van der Waals surface area (Å²) >= 11 is 0. The summed E-state index contributed by atoms with van der Waals surface area (Å²) in [6, 6.07) is 0. The van der Waals surface area contributed by atoms with Gasteiger partial charge in [-0.15, -0.1) is 0 Å². The van der Waals surface area contributed by atoms with E-state index in [0.717, 1.165) is 0 Å². The standard InChI is InChI=1S/3Ge.5Re. The van der Waals surface area contributed by atoms with Crippen LogP contribution in [0.1, 0.15) is 0 Å². The first-order chi connectivity index (χ1) is 0. The molecule has 0 N–H and O–H groups in total. The van der Waals surface area contributed by atoms with Gasteiger partial charge in [-0.1, -0.05) is 0 Å². The van der Waals surface area contributed by atoms with E-state index in [1.165, 1.54) is 0 Å². The van der Waals surface area contributed by atoms with Crippen LogP contribution in [0.2, 0.25) is 0 Å². The van der Waals surface area contributed by atoms with Crippen molar-refractivity contribution < 1.29 is 102 Å². The van der Waals surface area contributed by atoms with Crippen molar-refractivity contribution in [2.75, 3.05) is 0 Å². The molecule has 0 unspecified atom stereocenters. The molecule has 0 spiro atoms. The Hall–Kier alpha value is 4.94. The quantitative estimate of drug-likeness (QED) is 0.270. The Kier molecular flexibility index (Phi) is 553. The summed E-state index contributed by atoms with van der Waals surface area (Å²) in [5.74, 6) is 0. The van der Waals surface area contributed by atoms with Crippen LogP contribution in [0.15, 0.2) is 0 Å². The van der Waals surface area contributed by atoms with E-state index in [0.29, 0.717) is 0 Å². The summed E-state index contributed by atoms with van der Waals surface area (Å²) in [4.78, 5) is 0. The minimum Gasteiger partial charge on any atom is 0 e. The predicted molar refractivity (Wildman–Crippen MR) is 17.3 cm³/mol. The van der Waals surface area contributed by atoms with E-state index in [4.69, 9.17) is 0 Å². The third-order valence-corrected chi connectivity index (χ3v) is 0. The zero-order chi connectivity index (χ0) is 0. The molecule has 17 radical (unpaired) electrons. The molecule has 0 amide bonds. The van der Waals surface area contributed by atoms with Gasteiger partial charge in [-0.05, 0) is 0 Å². The average molecular weight is 1150 g/mol. The van der Waals surface area contributed by atoms with Crippen molar-refractivity contribution >= 4 is 52.8 Å². The Morgan fingerprint density at radius 3 is 0.250 bits per heavy atom. The fourth-order valence-corrected chi connectivity index (χ4v) is 0. The molecule has 0 fully saturated rings. The largest absolute Gasteiger partial charge is 0 e. The van der Waals surface area contributed by atoms with Crippen molar-refractivity contribution in [1.29, 1.82) is 0 Å². The molecule has 0 nitrogen and oxygen atoms in total. The van der Waals surface area contributed by atoms with Gasteiger partial charge in [0.15, 0.2) is 0 Å². The van der Waals surface area contributed by atoms with E-state index < -0.39 is 0 Å². The van der Waals surface area contributed by atoms with Gasteiger partial charge in [-0.2, -0.15) is 0 Å². The summed E-state index contributed by atoms with van der Waals surface area (Å²) in [6.07, 6.45) is 0. The van der Waals surface area contributed by atoms with Gasteiger partial charge in [0.25, 0.3) is 0 Å². The molecule has 0 aliphatic heterocycles. The first-order valence-electron chi connectivity index (χ1n) is 0. The Morgan fingerprint density at radius 1 is 0.250 bits per heavy atom. The monoisotopic (exact) mass is 1160 g/mol. The third-order valence-electron chi connectivity index (χ3n) is 0. The normalized spacial score (nSPS) is 0. The van der Waals surface area contributed by atoms with Gasteiger partial charge in [0, 0.05) is 155 Å². The number of hydrogen-bond acceptors (Lipinski definition) is 0. The maximum Gasteiger partial charge on any atom is 0 e. The van der Waals surface area contributed by atoms with Crippen LogP contribution in [-0.4, -0.2) is 52.8 Å². The smallest absolute Gasteiger partial charge is 0 e. The Balaban J connectivity index is 0. The van der Waals surface area contributed by atoms with Crippen LogP contribution in [0, 0.1) is 0 Å². The second-order valence-corrected chi connectivity index (χ2v) is 0. The van der Waals surface area contributed by atoms with Gasteiger partial charge in [0.1, 0.15) is 0 Å². The second-order valence-electron chi connectivity index (χ2n) is 0. The molecule has 8 heavy (non-hydrogen) atoms. The first kappa shape index (κ1) is 75.6. The molecule has 0 aliphatic rings. The van der Waals surface area contributed by atoms with Crippen molar-refractivity contribution in [2.24, 2.45) is 0 Å². The van der Waals surface area contributed by atoms with Crippen molar-refractivity contribution in [1.82, 2.24) is 0 Å². The van der Waals surface area contributed by atoms with Crippen molar-refractivity contribution in [3.8, 4) is 0 Å². The summed E-state index contributed by atoms with van der Waals surface area (Å²) in [6.45, 7) is 0. The number of rotatable bonds is 0. The maximum absolute atomic E-state index is 0. The molecule has 0 rings (SSSR count).